The van der Waals surface area contributed by atoms with E-state index in [-0.39, 0.29) is 31.1 Å². The van der Waals surface area contributed by atoms with Crippen molar-refractivity contribution in [2.24, 2.45) is 0 Å². The van der Waals surface area contributed by atoms with Gasteiger partial charge in [0, 0.05) is 19.3 Å². The highest BCUT2D eigenvalue weighted by atomic mass is 16.6. The van der Waals surface area contributed by atoms with Crippen molar-refractivity contribution in [2.75, 3.05) is 13.2 Å². The molecule has 0 N–H and O–H groups in total. The van der Waals surface area contributed by atoms with Gasteiger partial charge in [0.05, 0.1) is 0 Å². The first-order valence-electron chi connectivity index (χ1n) is 29.6. The molecule has 70 heavy (non-hydrogen) atoms. The standard InChI is InChI=1S/C64H110O6/c1-4-7-10-13-16-19-22-25-27-28-29-30-31-32-33-34-35-36-37-40-42-45-48-51-54-57-63(66)69-60-61(59-68-62(65)56-53-50-47-44-41-38-24-21-18-15-12-9-6-3)70-64(67)58-55-52-49-46-43-39-26-23-20-17-14-11-8-5-2/h9,12,14,17-18,21-23,25-26,28-29,38,41,61H,4-8,10-11,13,15-16,19-20,24,27,30-37,39-40,42-60H2,1-3H3/b12-9-,17-14-,21-18-,25-22-,26-23-,29-28-,41-38-. The maximum absolute atomic E-state index is 12.8. The molecule has 0 spiro atoms. The number of hydrogen-bond acceptors (Lipinski definition) is 6. The summed E-state index contributed by atoms with van der Waals surface area (Å²) in [4.78, 5) is 38.1. The van der Waals surface area contributed by atoms with Crippen LogP contribution >= 0.6 is 0 Å². The normalized spacial score (nSPS) is 12.7. The van der Waals surface area contributed by atoms with Gasteiger partial charge in [0.15, 0.2) is 6.10 Å². The molecular weight excluding hydrogens is 865 g/mol. The maximum Gasteiger partial charge on any atom is 0.306 e. The maximum atomic E-state index is 12.8. The molecule has 0 saturated heterocycles. The Morgan fingerprint density at radius 1 is 0.300 bits per heavy atom. The van der Waals surface area contributed by atoms with Gasteiger partial charge in [-0.15, -0.1) is 0 Å². The fraction of sp³-hybridized carbons (Fsp3) is 0.734. The van der Waals surface area contributed by atoms with Gasteiger partial charge in [-0.1, -0.05) is 241 Å². The van der Waals surface area contributed by atoms with Gasteiger partial charge in [0.1, 0.15) is 13.2 Å². The van der Waals surface area contributed by atoms with Crippen molar-refractivity contribution in [2.45, 2.75) is 290 Å². The van der Waals surface area contributed by atoms with Crippen molar-refractivity contribution in [3.63, 3.8) is 0 Å². The highest BCUT2D eigenvalue weighted by Crippen LogP contribution is 2.15. The fourth-order valence-electron chi connectivity index (χ4n) is 8.15. The van der Waals surface area contributed by atoms with Crippen molar-refractivity contribution in [1.29, 1.82) is 0 Å². The minimum absolute atomic E-state index is 0.0916. The molecule has 6 nitrogen and oxygen atoms in total. The lowest BCUT2D eigenvalue weighted by atomic mass is 10.0. The molecule has 0 bridgehead atoms. The molecule has 0 aliphatic rings. The van der Waals surface area contributed by atoms with Crippen LogP contribution < -0.4 is 0 Å². The second-order valence-electron chi connectivity index (χ2n) is 19.5. The van der Waals surface area contributed by atoms with Gasteiger partial charge in [0.2, 0.25) is 0 Å². The molecule has 0 fully saturated rings. The summed E-state index contributed by atoms with van der Waals surface area (Å²) in [6, 6.07) is 0. The number of hydrogen-bond donors (Lipinski definition) is 0. The molecule has 1 unspecified atom stereocenters. The van der Waals surface area contributed by atoms with Gasteiger partial charge in [-0.25, -0.2) is 0 Å². The third kappa shape index (κ3) is 55.5. The average molecular weight is 976 g/mol. The van der Waals surface area contributed by atoms with Crippen molar-refractivity contribution < 1.29 is 28.6 Å². The van der Waals surface area contributed by atoms with E-state index >= 15 is 0 Å². The first kappa shape index (κ1) is 66.6. The lowest BCUT2D eigenvalue weighted by Gasteiger charge is -2.18. The number of carbonyl (C=O) groups is 3. The van der Waals surface area contributed by atoms with Gasteiger partial charge in [0.25, 0.3) is 0 Å². The van der Waals surface area contributed by atoms with Crippen LogP contribution in [0.1, 0.15) is 284 Å². The summed E-state index contributed by atoms with van der Waals surface area (Å²) in [5, 5.41) is 0. The fourth-order valence-corrected chi connectivity index (χ4v) is 8.15. The Balaban J connectivity index is 4.29. The van der Waals surface area contributed by atoms with E-state index in [4.69, 9.17) is 14.2 Å². The summed E-state index contributed by atoms with van der Waals surface area (Å²) in [5.41, 5.74) is 0. The summed E-state index contributed by atoms with van der Waals surface area (Å²) in [5.74, 6) is -0.932. The predicted octanol–water partition coefficient (Wildman–Crippen LogP) is 19.9. The summed E-state index contributed by atoms with van der Waals surface area (Å²) in [6.45, 7) is 6.45. The van der Waals surface area contributed by atoms with Crippen LogP contribution in [0, 0.1) is 0 Å². The SMILES string of the molecule is CC/C=C\C/C=C\C/C=C\CCCCCC(=O)OCC(COC(=O)CCCCCCCCCCCCCCC/C=C\C/C=C\CCCCCCC)OC(=O)CCCCCCC/C=C\C/C=C\CCCC. The third-order valence-corrected chi connectivity index (χ3v) is 12.6. The Labute approximate surface area is 433 Å². The van der Waals surface area contributed by atoms with E-state index in [1.54, 1.807) is 0 Å². The molecule has 0 heterocycles. The van der Waals surface area contributed by atoms with Gasteiger partial charge in [-0.05, 0) is 109 Å². The molecular formula is C64H110O6. The highest BCUT2D eigenvalue weighted by Gasteiger charge is 2.19. The lowest BCUT2D eigenvalue weighted by molar-refractivity contribution is -0.167. The van der Waals surface area contributed by atoms with Crippen LogP contribution in [0.3, 0.4) is 0 Å². The Morgan fingerprint density at radius 3 is 0.929 bits per heavy atom. The third-order valence-electron chi connectivity index (χ3n) is 12.6. The largest absolute Gasteiger partial charge is 0.462 e. The minimum Gasteiger partial charge on any atom is -0.462 e. The first-order valence-corrected chi connectivity index (χ1v) is 29.6. The number of ether oxygens (including phenoxy) is 3. The Hall–Kier alpha value is -3.41. The monoisotopic (exact) mass is 975 g/mol. The predicted molar refractivity (Wildman–Crippen MR) is 302 cm³/mol. The number of rotatable bonds is 53. The zero-order chi connectivity index (χ0) is 50.7. The minimum atomic E-state index is -0.796. The molecule has 0 aromatic rings. The molecule has 0 amide bonds. The molecule has 0 aliphatic carbocycles. The van der Waals surface area contributed by atoms with E-state index in [2.05, 4.69) is 106 Å². The van der Waals surface area contributed by atoms with Crippen LogP contribution in [0.2, 0.25) is 0 Å². The van der Waals surface area contributed by atoms with Crippen LogP contribution in [-0.4, -0.2) is 37.2 Å². The Bertz CT molecular complexity index is 1350. The number of carbonyl (C=O) groups excluding carboxylic acids is 3. The lowest BCUT2D eigenvalue weighted by Crippen LogP contribution is -2.30. The van der Waals surface area contributed by atoms with E-state index in [9.17, 15) is 14.4 Å². The molecule has 0 radical (unpaired) electrons. The zero-order valence-electron chi connectivity index (χ0n) is 46.0. The molecule has 402 valence electrons. The number of allylic oxidation sites excluding steroid dienone is 14. The van der Waals surface area contributed by atoms with E-state index in [1.165, 1.54) is 128 Å². The number of esters is 3. The number of unbranched alkanes of at least 4 members (excludes halogenated alkanes) is 28. The molecule has 6 heteroatoms. The van der Waals surface area contributed by atoms with E-state index in [0.717, 1.165) is 116 Å². The van der Waals surface area contributed by atoms with Crippen LogP contribution in [0.15, 0.2) is 85.1 Å². The average Bonchev–Trinajstić information content (AvgIpc) is 3.36. The summed E-state index contributed by atoms with van der Waals surface area (Å²) < 4.78 is 16.8. The van der Waals surface area contributed by atoms with E-state index in [1.807, 2.05) is 0 Å². The Morgan fingerprint density at radius 2 is 0.571 bits per heavy atom. The second kappa shape index (κ2) is 58.2. The van der Waals surface area contributed by atoms with Gasteiger partial charge in [-0.3, -0.25) is 14.4 Å². The van der Waals surface area contributed by atoms with Gasteiger partial charge in [-0.2, -0.15) is 0 Å². The van der Waals surface area contributed by atoms with Crippen molar-refractivity contribution in [1.82, 2.24) is 0 Å². The molecule has 0 saturated carbocycles. The van der Waals surface area contributed by atoms with Crippen LogP contribution in [0.4, 0.5) is 0 Å². The summed E-state index contributed by atoms with van der Waals surface area (Å²) in [6.07, 6.45) is 75.9. The second-order valence-corrected chi connectivity index (χ2v) is 19.5. The Kier molecular flexibility index (Phi) is 55.3. The topological polar surface area (TPSA) is 78.9 Å². The highest BCUT2D eigenvalue weighted by molar-refractivity contribution is 5.71. The molecule has 0 rings (SSSR count). The van der Waals surface area contributed by atoms with Crippen molar-refractivity contribution >= 4 is 17.9 Å². The van der Waals surface area contributed by atoms with Crippen LogP contribution in [0.5, 0.6) is 0 Å². The van der Waals surface area contributed by atoms with Crippen molar-refractivity contribution in [3.05, 3.63) is 85.1 Å². The first-order chi connectivity index (χ1) is 34.5. The summed E-state index contributed by atoms with van der Waals surface area (Å²) >= 11 is 0. The van der Waals surface area contributed by atoms with E-state index in [0.29, 0.717) is 19.3 Å². The summed E-state index contributed by atoms with van der Waals surface area (Å²) in [7, 11) is 0. The van der Waals surface area contributed by atoms with Crippen LogP contribution in [-0.2, 0) is 28.6 Å². The van der Waals surface area contributed by atoms with E-state index < -0.39 is 6.10 Å². The molecule has 1 atom stereocenters. The van der Waals surface area contributed by atoms with Gasteiger partial charge >= 0.3 is 17.9 Å². The smallest absolute Gasteiger partial charge is 0.306 e. The molecule has 0 aromatic carbocycles. The van der Waals surface area contributed by atoms with Gasteiger partial charge < -0.3 is 14.2 Å². The quantitative estimate of drug-likeness (QED) is 0.0261. The van der Waals surface area contributed by atoms with Crippen LogP contribution in [0.25, 0.3) is 0 Å². The zero-order valence-corrected chi connectivity index (χ0v) is 46.0. The molecule has 0 aromatic heterocycles. The molecule has 0 aliphatic heterocycles. The van der Waals surface area contributed by atoms with Crippen molar-refractivity contribution in [3.8, 4) is 0 Å².